The van der Waals surface area contributed by atoms with Crippen molar-refractivity contribution in [1.82, 2.24) is 0 Å². The molecule has 6 heteroatoms. The van der Waals surface area contributed by atoms with Crippen molar-refractivity contribution in [3.63, 3.8) is 0 Å². The van der Waals surface area contributed by atoms with Crippen molar-refractivity contribution < 1.29 is 22.7 Å². The molecule has 0 spiro atoms. The van der Waals surface area contributed by atoms with Crippen molar-refractivity contribution in [2.24, 2.45) is 5.73 Å². The monoisotopic (exact) mass is 247 g/mol. The van der Waals surface area contributed by atoms with Gasteiger partial charge in [0, 0.05) is 0 Å². The van der Waals surface area contributed by atoms with Crippen LogP contribution in [0, 0.1) is 0 Å². The molecule has 0 radical (unpaired) electrons. The number of carbonyl (C=O) groups excluding carboxylic acids is 1. The molecule has 1 unspecified atom stereocenters. The number of carbonyl (C=O) groups is 1. The third-order valence-corrected chi connectivity index (χ3v) is 1.98. The second kappa shape index (κ2) is 5.67. The number of esters is 1. The van der Waals surface area contributed by atoms with Gasteiger partial charge in [-0.25, -0.2) is 0 Å². The molecule has 0 aliphatic rings. The van der Waals surface area contributed by atoms with Crippen LogP contribution in [-0.4, -0.2) is 18.2 Å². The van der Waals surface area contributed by atoms with Crippen LogP contribution in [-0.2, 0) is 16.1 Å². The van der Waals surface area contributed by atoms with E-state index in [-0.39, 0.29) is 6.61 Å². The SMILES string of the molecule is NC(CC(F)(F)F)C(=O)OCc1ccccc1. The Kier molecular flexibility index (Phi) is 4.51. The van der Waals surface area contributed by atoms with Gasteiger partial charge in [0.15, 0.2) is 0 Å². The van der Waals surface area contributed by atoms with E-state index in [1.165, 1.54) is 0 Å². The molecule has 0 aliphatic carbocycles. The van der Waals surface area contributed by atoms with Gasteiger partial charge >= 0.3 is 12.1 Å². The summed E-state index contributed by atoms with van der Waals surface area (Å²) in [6.45, 7) is -0.0781. The number of alkyl halides is 3. The van der Waals surface area contributed by atoms with E-state index < -0.39 is 24.6 Å². The Bertz CT molecular complexity index is 365. The van der Waals surface area contributed by atoms with E-state index in [0.717, 1.165) is 0 Å². The lowest BCUT2D eigenvalue weighted by Crippen LogP contribution is -2.36. The van der Waals surface area contributed by atoms with Crippen LogP contribution < -0.4 is 5.73 Å². The van der Waals surface area contributed by atoms with E-state index in [0.29, 0.717) is 5.56 Å². The standard InChI is InChI=1S/C11H12F3NO2/c12-11(13,14)6-9(15)10(16)17-7-8-4-2-1-3-5-8/h1-5,9H,6-7,15H2. The number of benzene rings is 1. The third-order valence-electron chi connectivity index (χ3n) is 1.98. The molecule has 3 nitrogen and oxygen atoms in total. The largest absolute Gasteiger partial charge is 0.460 e. The summed E-state index contributed by atoms with van der Waals surface area (Å²) in [7, 11) is 0. The molecule has 1 atom stereocenters. The van der Waals surface area contributed by atoms with E-state index in [1.54, 1.807) is 30.3 Å². The van der Waals surface area contributed by atoms with E-state index in [4.69, 9.17) is 5.73 Å². The number of hydrogen-bond donors (Lipinski definition) is 1. The van der Waals surface area contributed by atoms with Gasteiger partial charge in [-0.15, -0.1) is 0 Å². The Morgan fingerprint density at radius 1 is 1.29 bits per heavy atom. The van der Waals surface area contributed by atoms with Crippen molar-refractivity contribution in [1.29, 1.82) is 0 Å². The highest BCUT2D eigenvalue weighted by molar-refractivity contribution is 5.75. The Balaban J connectivity index is 2.40. The number of ether oxygens (including phenoxy) is 1. The van der Waals surface area contributed by atoms with E-state index in [2.05, 4.69) is 4.74 Å². The van der Waals surface area contributed by atoms with Crippen LogP contribution in [0.2, 0.25) is 0 Å². The zero-order chi connectivity index (χ0) is 12.9. The van der Waals surface area contributed by atoms with E-state index in [1.807, 2.05) is 0 Å². The first-order valence-corrected chi connectivity index (χ1v) is 4.91. The van der Waals surface area contributed by atoms with Crippen molar-refractivity contribution >= 4 is 5.97 Å². The smallest absolute Gasteiger partial charge is 0.391 e. The number of rotatable bonds is 4. The normalized spacial score (nSPS) is 13.2. The predicted octanol–water partition coefficient (Wildman–Crippen LogP) is 2.01. The quantitative estimate of drug-likeness (QED) is 0.828. The zero-order valence-corrected chi connectivity index (χ0v) is 8.91. The first-order valence-electron chi connectivity index (χ1n) is 4.91. The van der Waals surface area contributed by atoms with Gasteiger partial charge in [0.25, 0.3) is 0 Å². The fourth-order valence-corrected chi connectivity index (χ4v) is 1.17. The lowest BCUT2D eigenvalue weighted by Gasteiger charge is -2.13. The highest BCUT2D eigenvalue weighted by Gasteiger charge is 2.34. The molecule has 1 aromatic carbocycles. The summed E-state index contributed by atoms with van der Waals surface area (Å²) in [5.41, 5.74) is 5.77. The Morgan fingerprint density at radius 2 is 1.88 bits per heavy atom. The van der Waals surface area contributed by atoms with E-state index >= 15 is 0 Å². The van der Waals surface area contributed by atoms with Crippen molar-refractivity contribution in [2.75, 3.05) is 0 Å². The number of halogens is 3. The summed E-state index contributed by atoms with van der Waals surface area (Å²) >= 11 is 0. The van der Waals surface area contributed by atoms with Crippen LogP contribution in [0.15, 0.2) is 30.3 Å². The first-order chi connectivity index (χ1) is 7.88. The van der Waals surface area contributed by atoms with Crippen LogP contribution in [0.3, 0.4) is 0 Å². The number of hydrogen-bond acceptors (Lipinski definition) is 3. The molecular weight excluding hydrogens is 235 g/mol. The number of nitrogens with two attached hydrogens (primary N) is 1. The Hall–Kier alpha value is -1.56. The van der Waals surface area contributed by atoms with Gasteiger partial charge < -0.3 is 10.5 Å². The maximum atomic E-state index is 11.9. The van der Waals surface area contributed by atoms with Crippen LogP contribution in [0.25, 0.3) is 0 Å². The molecule has 2 N–H and O–H groups in total. The summed E-state index contributed by atoms with van der Waals surface area (Å²) in [5, 5.41) is 0. The molecule has 0 amide bonds. The minimum absolute atomic E-state index is 0.0781. The highest BCUT2D eigenvalue weighted by Crippen LogP contribution is 2.21. The molecule has 0 saturated heterocycles. The van der Waals surface area contributed by atoms with Crippen LogP contribution >= 0.6 is 0 Å². The molecule has 0 aliphatic heterocycles. The van der Waals surface area contributed by atoms with Gasteiger partial charge in [-0.05, 0) is 5.56 Å². The van der Waals surface area contributed by atoms with Crippen molar-refractivity contribution in [2.45, 2.75) is 25.2 Å². The summed E-state index contributed by atoms with van der Waals surface area (Å²) in [4.78, 5) is 11.1. The fourth-order valence-electron chi connectivity index (χ4n) is 1.17. The van der Waals surface area contributed by atoms with Gasteiger partial charge in [-0.1, -0.05) is 30.3 Å². The van der Waals surface area contributed by atoms with Crippen molar-refractivity contribution in [3.8, 4) is 0 Å². The molecule has 0 heterocycles. The van der Waals surface area contributed by atoms with Gasteiger partial charge in [0.1, 0.15) is 12.6 Å². The third kappa shape index (κ3) is 5.35. The second-order valence-electron chi connectivity index (χ2n) is 3.52. The van der Waals surface area contributed by atoms with Crippen LogP contribution in [0.4, 0.5) is 13.2 Å². The molecule has 1 aromatic rings. The molecule has 17 heavy (non-hydrogen) atoms. The Labute approximate surface area is 96.4 Å². The summed E-state index contributed by atoms with van der Waals surface area (Å²) in [6, 6.07) is 6.97. The summed E-state index contributed by atoms with van der Waals surface area (Å²) in [6.07, 6.45) is -5.84. The zero-order valence-electron chi connectivity index (χ0n) is 8.91. The molecule has 1 rings (SSSR count). The highest BCUT2D eigenvalue weighted by atomic mass is 19.4. The van der Waals surface area contributed by atoms with Gasteiger partial charge in [-0.3, -0.25) is 4.79 Å². The van der Waals surface area contributed by atoms with Crippen LogP contribution in [0.5, 0.6) is 0 Å². The predicted molar refractivity (Wildman–Crippen MR) is 54.9 cm³/mol. The first kappa shape index (κ1) is 13.5. The molecule has 0 bridgehead atoms. The summed E-state index contributed by atoms with van der Waals surface area (Å²) in [5.74, 6) is -1.05. The second-order valence-corrected chi connectivity index (χ2v) is 3.52. The Morgan fingerprint density at radius 3 is 2.41 bits per heavy atom. The summed E-state index contributed by atoms with van der Waals surface area (Å²) < 4.78 is 40.5. The van der Waals surface area contributed by atoms with Gasteiger partial charge in [0.2, 0.25) is 0 Å². The van der Waals surface area contributed by atoms with Crippen molar-refractivity contribution in [3.05, 3.63) is 35.9 Å². The maximum absolute atomic E-state index is 11.9. The average Bonchev–Trinajstić information content (AvgIpc) is 2.25. The fraction of sp³-hybridized carbons (Fsp3) is 0.364. The molecule has 0 aromatic heterocycles. The average molecular weight is 247 g/mol. The van der Waals surface area contributed by atoms with Gasteiger partial charge in [0.05, 0.1) is 6.42 Å². The molecule has 0 saturated carbocycles. The van der Waals surface area contributed by atoms with Crippen LogP contribution in [0.1, 0.15) is 12.0 Å². The topological polar surface area (TPSA) is 52.3 Å². The minimum Gasteiger partial charge on any atom is -0.460 e. The molecular formula is C11H12F3NO2. The minimum atomic E-state index is -4.47. The molecule has 0 fully saturated rings. The maximum Gasteiger partial charge on any atom is 0.391 e. The van der Waals surface area contributed by atoms with Gasteiger partial charge in [-0.2, -0.15) is 13.2 Å². The lowest BCUT2D eigenvalue weighted by atomic mass is 10.2. The molecule has 94 valence electrons. The lowest BCUT2D eigenvalue weighted by molar-refractivity contribution is -0.161. The van der Waals surface area contributed by atoms with E-state index in [9.17, 15) is 18.0 Å².